The van der Waals surface area contributed by atoms with E-state index in [0.717, 1.165) is 23.3 Å². The summed E-state index contributed by atoms with van der Waals surface area (Å²) in [7, 11) is 0. The summed E-state index contributed by atoms with van der Waals surface area (Å²) >= 11 is 0. The molecule has 0 bridgehead atoms. The van der Waals surface area contributed by atoms with Crippen molar-refractivity contribution in [1.29, 1.82) is 0 Å². The minimum absolute atomic E-state index is 0.335. The molecule has 0 aliphatic carbocycles. The first-order valence-electron chi connectivity index (χ1n) is 11.7. The lowest BCUT2D eigenvalue weighted by Crippen LogP contribution is -2.38. The van der Waals surface area contributed by atoms with Crippen molar-refractivity contribution in [3.05, 3.63) is 94.8 Å². The summed E-state index contributed by atoms with van der Waals surface area (Å²) in [5.41, 5.74) is 2.25. The lowest BCUT2D eigenvalue weighted by molar-refractivity contribution is -0.138. The van der Waals surface area contributed by atoms with Crippen LogP contribution in [0.25, 0.3) is 11.1 Å². The topological polar surface area (TPSA) is 40.5 Å². The van der Waals surface area contributed by atoms with Crippen molar-refractivity contribution in [3.63, 3.8) is 0 Å². The molecular formula is C28H26F5NO2. The monoisotopic (exact) mass is 503 g/mol. The van der Waals surface area contributed by atoms with Crippen molar-refractivity contribution in [2.75, 3.05) is 13.1 Å². The fourth-order valence-electron chi connectivity index (χ4n) is 4.67. The molecule has 1 saturated heterocycles. The lowest BCUT2D eigenvalue weighted by Gasteiger charge is -2.37. The molecule has 2 unspecified atom stereocenters. The van der Waals surface area contributed by atoms with Crippen LogP contribution in [0.5, 0.6) is 0 Å². The number of hydrogen-bond donors (Lipinski definition) is 1. The van der Waals surface area contributed by atoms with E-state index in [9.17, 15) is 31.9 Å². The van der Waals surface area contributed by atoms with Crippen LogP contribution >= 0.6 is 0 Å². The number of likely N-dealkylation sites (tertiary alicyclic amines) is 1. The summed E-state index contributed by atoms with van der Waals surface area (Å²) in [6.07, 6.45) is -4.74. The molecule has 3 nitrogen and oxygen atoms in total. The molecule has 0 aromatic heterocycles. The lowest BCUT2D eigenvalue weighted by atomic mass is 9.86. The van der Waals surface area contributed by atoms with Crippen LogP contribution in [0.2, 0.25) is 0 Å². The Kier molecular flexibility index (Phi) is 7.45. The number of benzene rings is 3. The molecule has 8 heteroatoms. The summed E-state index contributed by atoms with van der Waals surface area (Å²) in [6.45, 7) is 2.43. The molecule has 1 fully saturated rings. The summed E-state index contributed by atoms with van der Waals surface area (Å²) in [5, 5.41) is 9.53. The van der Waals surface area contributed by atoms with Crippen molar-refractivity contribution >= 4 is 5.97 Å². The first kappa shape index (κ1) is 25.8. The maximum atomic E-state index is 14.0. The van der Waals surface area contributed by atoms with Crippen LogP contribution in [0.15, 0.2) is 66.7 Å². The van der Waals surface area contributed by atoms with Gasteiger partial charge in [-0.15, -0.1) is 0 Å². The number of carboxylic acids is 1. The quantitative estimate of drug-likeness (QED) is 0.361. The van der Waals surface area contributed by atoms with E-state index < -0.39 is 41.7 Å². The summed E-state index contributed by atoms with van der Waals surface area (Å²) in [5.74, 6) is -2.27. The van der Waals surface area contributed by atoms with Crippen LogP contribution in [0.1, 0.15) is 54.0 Å². The van der Waals surface area contributed by atoms with Gasteiger partial charge in [-0.1, -0.05) is 36.4 Å². The van der Waals surface area contributed by atoms with E-state index in [1.54, 1.807) is 30.3 Å². The molecule has 1 heterocycles. The van der Waals surface area contributed by atoms with Crippen LogP contribution in [0.4, 0.5) is 22.0 Å². The second kappa shape index (κ2) is 10.4. The van der Waals surface area contributed by atoms with E-state index >= 15 is 0 Å². The molecule has 0 amide bonds. The maximum Gasteiger partial charge on any atom is 0.416 e. The molecule has 3 aromatic rings. The van der Waals surface area contributed by atoms with Crippen LogP contribution in [-0.2, 0) is 11.0 Å². The first-order valence-corrected chi connectivity index (χ1v) is 11.7. The second-order valence-electron chi connectivity index (χ2n) is 9.15. The normalized spacial score (nSPS) is 17.1. The number of piperidine rings is 1. The molecule has 4 rings (SSSR count). The van der Waals surface area contributed by atoms with E-state index in [0.29, 0.717) is 42.6 Å². The minimum atomic E-state index is -4.49. The van der Waals surface area contributed by atoms with Gasteiger partial charge >= 0.3 is 12.1 Å². The predicted octanol–water partition coefficient (Wildman–Crippen LogP) is 7.22. The van der Waals surface area contributed by atoms with Gasteiger partial charge in [-0.05, 0) is 77.9 Å². The molecule has 1 aliphatic rings. The number of carbonyl (C=O) groups is 1. The number of nitrogens with zero attached hydrogens (tertiary/aromatic N) is 1. The molecule has 36 heavy (non-hydrogen) atoms. The smallest absolute Gasteiger partial charge is 0.416 e. The Morgan fingerprint density at radius 3 is 2.08 bits per heavy atom. The number of carboxylic acid groups (broad SMARTS) is 1. The fraction of sp³-hybridized carbons (Fsp3) is 0.321. The largest absolute Gasteiger partial charge is 0.481 e. The molecular weight excluding hydrogens is 477 g/mol. The minimum Gasteiger partial charge on any atom is -0.481 e. The van der Waals surface area contributed by atoms with Gasteiger partial charge in [0.05, 0.1) is 17.5 Å². The third-order valence-corrected chi connectivity index (χ3v) is 6.78. The third kappa shape index (κ3) is 5.59. The summed E-state index contributed by atoms with van der Waals surface area (Å²) in [6, 6.07) is 15.4. The Morgan fingerprint density at radius 1 is 0.944 bits per heavy atom. The Morgan fingerprint density at radius 2 is 1.53 bits per heavy atom. The number of rotatable bonds is 6. The van der Waals surface area contributed by atoms with Gasteiger partial charge in [-0.2, -0.15) is 13.2 Å². The zero-order valence-corrected chi connectivity index (χ0v) is 19.6. The van der Waals surface area contributed by atoms with Crippen LogP contribution in [-0.4, -0.2) is 35.2 Å². The maximum absolute atomic E-state index is 14.0. The van der Waals surface area contributed by atoms with Crippen LogP contribution in [0, 0.1) is 5.82 Å². The number of halogens is 5. The van der Waals surface area contributed by atoms with E-state index in [1.165, 1.54) is 31.2 Å². The third-order valence-electron chi connectivity index (χ3n) is 6.78. The molecule has 0 radical (unpaired) electrons. The van der Waals surface area contributed by atoms with Crippen molar-refractivity contribution in [1.82, 2.24) is 4.90 Å². The first-order chi connectivity index (χ1) is 17.0. The molecule has 3 aromatic carbocycles. The van der Waals surface area contributed by atoms with Crippen molar-refractivity contribution in [2.24, 2.45) is 0 Å². The zero-order chi connectivity index (χ0) is 26.0. The number of hydrogen-bond acceptors (Lipinski definition) is 2. The average molecular weight is 504 g/mol. The summed E-state index contributed by atoms with van der Waals surface area (Å²) in [4.78, 5) is 13.7. The Balaban J connectivity index is 1.88. The van der Waals surface area contributed by atoms with Gasteiger partial charge in [-0.3, -0.25) is 9.69 Å². The van der Waals surface area contributed by atoms with Crippen LogP contribution in [0.3, 0.4) is 0 Å². The fourth-order valence-corrected chi connectivity index (χ4v) is 4.67. The molecule has 2 atom stereocenters. The molecule has 1 N–H and O–H groups in total. The number of alkyl halides is 4. The Bertz CT molecular complexity index is 1200. The predicted molar refractivity (Wildman–Crippen MR) is 127 cm³/mol. The zero-order valence-electron chi connectivity index (χ0n) is 19.6. The number of aliphatic carboxylic acids is 1. The van der Waals surface area contributed by atoms with Crippen molar-refractivity contribution in [2.45, 2.75) is 44.1 Å². The van der Waals surface area contributed by atoms with Gasteiger partial charge in [0.15, 0.2) is 0 Å². The van der Waals surface area contributed by atoms with E-state index in [1.807, 2.05) is 0 Å². The second-order valence-corrected chi connectivity index (χ2v) is 9.15. The van der Waals surface area contributed by atoms with Gasteiger partial charge in [0, 0.05) is 13.1 Å². The molecule has 0 saturated carbocycles. The molecule has 190 valence electrons. The van der Waals surface area contributed by atoms with Gasteiger partial charge < -0.3 is 5.11 Å². The molecule has 0 spiro atoms. The SMILES string of the molecule is CC(C(=O)O)c1ccc(C(c2ccc(F)cc2)N2CCC(F)CC2)c(-c2ccc(C(F)(F)F)cc2)c1. The summed E-state index contributed by atoms with van der Waals surface area (Å²) < 4.78 is 67.2. The van der Waals surface area contributed by atoms with Gasteiger partial charge in [0.1, 0.15) is 12.0 Å². The highest BCUT2D eigenvalue weighted by Crippen LogP contribution is 2.40. The van der Waals surface area contributed by atoms with Gasteiger partial charge in [0.2, 0.25) is 0 Å². The highest BCUT2D eigenvalue weighted by molar-refractivity contribution is 5.78. The Hall–Kier alpha value is -3.26. The van der Waals surface area contributed by atoms with Gasteiger partial charge in [0.25, 0.3) is 0 Å². The van der Waals surface area contributed by atoms with Gasteiger partial charge in [-0.25, -0.2) is 8.78 Å². The van der Waals surface area contributed by atoms with Crippen LogP contribution < -0.4 is 0 Å². The van der Waals surface area contributed by atoms with E-state index in [-0.39, 0.29) is 0 Å². The highest BCUT2D eigenvalue weighted by atomic mass is 19.4. The van der Waals surface area contributed by atoms with E-state index in [4.69, 9.17) is 0 Å². The highest BCUT2D eigenvalue weighted by Gasteiger charge is 2.32. The standard InChI is InChI=1S/C28H26F5NO2/c1-17(27(35)36)20-6-11-24(25(16-20)18-2-7-21(8-3-18)28(31,32)33)26(19-4-9-22(29)10-5-19)34-14-12-23(30)13-15-34/h2-11,16-17,23,26H,12-15H2,1H3,(H,35,36). The van der Waals surface area contributed by atoms with E-state index in [2.05, 4.69) is 4.90 Å². The van der Waals surface area contributed by atoms with Crippen molar-refractivity contribution in [3.8, 4) is 11.1 Å². The van der Waals surface area contributed by atoms with Crippen molar-refractivity contribution < 1.29 is 31.9 Å². The molecule has 1 aliphatic heterocycles. The average Bonchev–Trinajstić information content (AvgIpc) is 2.85. The Labute approximate surface area is 206 Å².